The van der Waals surface area contributed by atoms with Gasteiger partial charge in [-0.05, 0) is 47.2 Å². The number of hydrogen-bond donors (Lipinski definition) is 3. The van der Waals surface area contributed by atoms with Gasteiger partial charge in [-0.3, -0.25) is 14.4 Å². The first-order chi connectivity index (χ1) is 20.5. The third-order valence-corrected chi connectivity index (χ3v) is 9.04. The molecule has 0 radical (unpaired) electrons. The van der Waals surface area contributed by atoms with Crippen LogP contribution in [0.5, 0.6) is 5.75 Å². The minimum Gasteiger partial charge on any atom is -0.508 e. The highest BCUT2D eigenvalue weighted by Gasteiger charge is 2.35. The van der Waals surface area contributed by atoms with Gasteiger partial charge in [0, 0.05) is 47.9 Å². The molecule has 1 aliphatic rings. The number of phenolic OH excluding ortho intramolecular Hbond substituents is 1. The third-order valence-electron chi connectivity index (χ3n) is 7.53. The minimum absolute atomic E-state index is 0.100. The van der Waals surface area contributed by atoms with Gasteiger partial charge in [-0.2, -0.15) is 0 Å². The number of carboxylic acids is 1. The predicted molar refractivity (Wildman–Crippen MR) is 165 cm³/mol. The van der Waals surface area contributed by atoms with Gasteiger partial charge in [0.15, 0.2) is 5.82 Å². The monoisotopic (exact) mass is 598 g/mol. The van der Waals surface area contributed by atoms with Gasteiger partial charge in [-0.25, -0.2) is 9.97 Å². The molecule has 0 unspecified atom stereocenters. The summed E-state index contributed by atoms with van der Waals surface area (Å²) < 4.78 is 0. The quantitative estimate of drug-likeness (QED) is 0.256. The van der Waals surface area contributed by atoms with Crippen LogP contribution in [0.2, 0.25) is 0 Å². The van der Waals surface area contributed by atoms with Crippen molar-refractivity contribution in [1.29, 1.82) is 0 Å². The lowest BCUT2D eigenvalue weighted by Gasteiger charge is -2.24. The van der Waals surface area contributed by atoms with E-state index in [-0.39, 0.29) is 35.9 Å². The van der Waals surface area contributed by atoms with E-state index in [1.54, 1.807) is 42.7 Å². The first kappa shape index (κ1) is 29.9. The van der Waals surface area contributed by atoms with Gasteiger partial charge in [0.2, 0.25) is 5.91 Å². The van der Waals surface area contributed by atoms with Crippen LogP contribution in [0.15, 0.2) is 73.1 Å². The van der Waals surface area contributed by atoms with E-state index in [4.69, 9.17) is 0 Å². The highest BCUT2D eigenvalue weighted by atomic mass is 32.1. The van der Waals surface area contributed by atoms with E-state index in [1.165, 1.54) is 16.2 Å². The van der Waals surface area contributed by atoms with Gasteiger partial charge in [0.25, 0.3) is 5.91 Å². The van der Waals surface area contributed by atoms with Crippen molar-refractivity contribution in [3.63, 3.8) is 0 Å². The number of benzene rings is 2. The molecule has 2 atom stereocenters. The molecule has 0 bridgehead atoms. The number of amides is 2. The molecule has 5 rings (SSSR count). The highest BCUT2D eigenvalue weighted by molar-refractivity contribution is 7.14. The fraction of sp³-hybridized carbons (Fsp3) is 0.303. The molecule has 1 fully saturated rings. The Morgan fingerprint density at radius 3 is 2.19 bits per heavy atom. The van der Waals surface area contributed by atoms with Crippen LogP contribution in [0.25, 0.3) is 22.5 Å². The minimum atomic E-state index is -0.918. The fourth-order valence-corrected chi connectivity index (χ4v) is 5.95. The Morgan fingerprint density at radius 2 is 1.60 bits per heavy atom. The number of carbonyl (C=O) groups is 3. The normalized spacial score (nSPS) is 15.7. The van der Waals surface area contributed by atoms with E-state index in [0.717, 1.165) is 27.1 Å². The second kappa shape index (κ2) is 12.3. The molecule has 9 nitrogen and oxygen atoms in total. The van der Waals surface area contributed by atoms with Gasteiger partial charge in [-0.15, -0.1) is 11.3 Å². The van der Waals surface area contributed by atoms with Crippen LogP contribution in [0.1, 0.15) is 47.3 Å². The molecular formula is C33H34N4O5S. The summed E-state index contributed by atoms with van der Waals surface area (Å²) in [5.74, 6) is -1.41. The Bertz CT molecular complexity index is 1610. The highest BCUT2D eigenvalue weighted by Crippen LogP contribution is 2.30. The summed E-state index contributed by atoms with van der Waals surface area (Å²) in [5.41, 5.74) is 3.24. The van der Waals surface area contributed by atoms with Gasteiger partial charge in [0.1, 0.15) is 11.8 Å². The maximum Gasteiger partial charge on any atom is 0.308 e. The van der Waals surface area contributed by atoms with Crippen molar-refractivity contribution >= 4 is 29.1 Å². The predicted octanol–water partition coefficient (Wildman–Crippen LogP) is 5.15. The lowest BCUT2D eigenvalue weighted by Crippen LogP contribution is -2.49. The van der Waals surface area contributed by atoms with Crippen LogP contribution in [0.3, 0.4) is 0 Å². The number of aromatic hydroxyl groups is 1. The molecule has 10 heteroatoms. The summed E-state index contributed by atoms with van der Waals surface area (Å²) in [6.07, 6.45) is 4.09. The van der Waals surface area contributed by atoms with E-state index < -0.39 is 17.9 Å². The van der Waals surface area contributed by atoms with Crippen LogP contribution in [0.4, 0.5) is 0 Å². The van der Waals surface area contributed by atoms with Crippen LogP contribution >= 0.6 is 11.3 Å². The molecule has 2 aromatic carbocycles. The molecule has 3 heterocycles. The molecule has 1 saturated heterocycles. The molecule has 0 spiro atoms. The number of carbonyl (C=O) groups excluding carboxylic acids is 2. The standard InChI is InChI=1S/C33H34N4O5S/c1-33(2,3)28-13-12-27(43-28)30(39)36-26(31(40)37-15-14-23(19-37)32(41)42)16-20-4-6-22(7-5-20)29-34-17-24(18-35-29)21-8-10-25(38)11-9-21/h4-13,17-18,23,26,38H,14-16,19H2,1-3H3,(H,36,39)(H,41,42)/t23-,26-/m0/s1. The van der Waals surface area contributed by atoms with Crippen molar-refractivity contribution < 1.29 is 24.6 Å². The lowest BCUT2D eigenvalue weighted by molar-refractivity contribution is -0.141. The molecule has 43 heavy (non-hydrogen) atoms. The Kier molecular flexibility index (Phi) is 8.59. The third kappa shape index (κ3) is 7.09. The van der Waals surface area contributed by atoms with E-state index in [2.05, 4.69) is 36.1 Å². The van der Waals surface area contributed by atoms with Crippen molar-refractivity contribution in [3.8, 4) is 28.3 Å². The Balaban J connectivity index is 1.32. The Hall–Kier alpha value is -4.57. The van der Waals surface area contributed by atoms with Crippen LogP contribution < -0.4 is 5.32 Å². The lowest BCUT2D eigenvalue weighted by atomic mass is 9.95. The second-order valence-corrected chi connectivity index (χ2v) is 12.9. The summed E-state index contributed by atoms with van der Waals surface area (Å²) in [6, 6.07) is 17.2. The zero-order chi connectivity index (χ0) is 30.7. The molecule has 0 aliphatic carbocycles. The number of hydrogen-bond acceptors (Lipinski definition) is 7. The first-order valence-corrected chi connectivity index (χ1v) is 14.9. The van der Waals surface area contributed by atoms with Crippen molar-refractivity contribution in [2.24, 2.45) is 5.92 Å². The number of carboxylic acid groups (broad SMARTS) is 1. The summed E-state index contributed by atoms with van der Waals surface area (Å²) in [5, 5.41) is 21.9. The molecule has 1 aliphatic heterocycles. The molecule has 2 amide bonds. The number of likely N-dealkylation sites (tertiary alicyclic amines) is 1. The van der Waals surface area contributed by atoms with Crippen molar-refractivity contribution in [2.45, 2.75) is 45.1 Å². The zero-order valence-corrected chi connectivity index (χ0v) is 25.1. The smallest absolute Gasteiger partial charge is 0.308 e. The number of thiophene rings is 1. The van der Waals surface area contributed by atoms with E-state index >= 15 is 0 Å². The fourth-order valence-electron chi connectivity index (χ4n) is 4.98. The van der Waals surface area contributed by atoms with E-state index in [0.29, 0.717) is 23.7 Å². The number of rotatable bonds is 8. The van der Waals surface area contributed by atoms with Crippen LogP contribution in [-0.2, 0) is 21.4 Å². The largest absolute Gasteiger partial charge is 0.508 e. The zero-order valence-electron chi connectivity index (χ0n) is 24.3. The SMILES string of the molecule is CC(C)(C)c1ccc(C(=O)N[C@@H](Cc2ccc(-c3ncc(-c4ccc(O)cc4)cn3)cc2)C(=O)N2CC[C@H](C(=O)O)C2)s1. The number of aliphatic carboxylic acids is 1. The summed E-state index contributed by atoms with van der Waals surface area (Å²) in [4.78, 5) is 50.5. The second-order valence-electron chi connectivity index (χ2n) is 11.8. The number of phenols is 1. The Morgan fingerprint density at radius 1 is 0.953 bits per heavy atom. The van der Waals surface area contributed by atoms with Gasteiger partial charge >= 0.3 is 5.97 Å². The summed E-state index contributed by atoms with van der Waals surface area (Å²) in [7, 11) is 0. The molecule has 2 aromatic heterocycles. The van der Waals surface area contributed by atoms with Crippen molar-refractivity contribution in [2.75, 3.05) is 13.1 Å². The molecule has 4 aromatic rings. The number of nitrogens with one attached hydrogen (secondary N) is 1. The molecule has 3 N–H and O–H groups in total. The van der Waals surface area contributed by atoms with Crippen LogP contribution in [-0.4, -0.2) is 62.0 Å². The van der Waals surface area contributed by atoms with Gasteiger partial charge in [0.05, 0.1) is 10.8 Å². The number of nitrogens with zero attached hydrogens (tertiary/aromatic N) is 3. The summed E-state index contributed by atoms with van der Waals surface area (Å²) in [6.45, 7) is 6.71. The molecule has 0 saturated carbocycles. The first-order valence-electron chi connectivity index (χ1n) is 14.1. The molecular weight excluding hydrogens is 564 g/mol. The van der Waals surface area contributed by atoms with Gasteiger partial charge in [-0.1, -0.05) is 57.2 Å². The Labute approximate surface area is 254 Å². The van der Waals surface area contributed by atoms with Crippen molar-refractivity contribution in [1.82, 2.24) is 20.2 Å². The maximum absolute atomic E-state index is 13.6. The van der Waals surface area contributed by atoms with Gasteiger partial charge < -0.3 is 20.4 Å². The van der Waals surface area contributed by atoms with E-state index in [1.807, 2.05) is 30.3 Å². The topological polar surface area (TPSA) is 133 Å². The van der Waals surface area contributed by atoms with E-state index in [9.17, 15) is 24.6 Å². The average Bonchev–Trinajstić information content (AvgIpc) is 3.69. The average molecular weight is 599 g/mol. The summed E-state index contributed by atoms with van der Waals surface area (Å²) >= 11 is 1.40. The van der Waals surface area contributed by atoms with Crippen molar-refractivity contribution in [3.05, 3.63) is 88.4 Å². The maximum atomic E-state index is 13.6. The number of aromatic nitrogens is 2. The van der Waals surface area contributed by atoms with Crippen LogP contribution in [0, 0.1) is 5.92 Å². The molecule has 222 valence electrons.